The zero-order valence-electron chi connectivity index (χ0n) is 8.73. The minimum Gasteiger partial charge on any atom is -0.387 e. The van der Waals surface area contributed by atoms with Crippen molar-refractivity contribution in [2.75, 3.05) is 0 Å². The van der Waals surface area contributed by atoms with Crippen LogP contribution in [0.2, 0.25) is 0 Å². The van der Waals surface area contributed by atoms with Crippen LogP contribution in [0.25, 0.3) is 0 Å². The van der Waals surface area contributed by atoms with Crippen LogP contribution in [0.4, 0.5) is 0 Å². The maximum atomic E-state index is 9.97. The SMILES string of the molecule is Cc1ccc(C(O)Cc2csc(C)n2)s1. The third kappa shape index (κ3) is 2.65. The lowest BCUT2D eigenvalue weighted by atomic mass is 10.2. The van der Waals surface area contributed by atoms with Crippen LogP contribution in [0.1, 0.15) is 26.6 Å². The molecule has 0 fully saturated rings. The second-order valence-corrected chi connectivity index (χ2v) is 5.91. The molecule has 0 radical (unpaired) electrons. The summed E-state index contributed by atoms with van der Waals surface area (Å²) in [6, 6.07) is 4.03. The molecular weight excluding hydrogens is 226 g/mol. The van der Waals surface area contributed by atoms with E-state index < -0.39 is 6.10 Å². The number of nitrogens with zero attached hydrogens (tertiary/aromatic N) is 1. The van der Waals surface area contributed by atoms with Crippen LogP contribution >= 0.6 is 22.7 Å². The smallest absolute Gasteiger partial charge is 0.0937 e. The molecule has 0 aromatic carbocycles. The van der Waals surface area contributed by atoms with Crippen LogP contribution in [-0.2, 0) is 6.42 Å². The zero-order valence-corrected chi connectivity index (χ0v) is 10.4. The molecule has 0 spiro atoms. The van der Waals surface area contributed by atoms with Gasteiger partial charge in [-0.3, -0.25) is 0 Å². The van der Waals surface area contributed by atoms with Crippen molar-refractivity contribution in [2.45, 2.75) is 26.4 Å². The number of thiophene rings is 1. The third-order valence-electron chi connectivity index (χ3n) is 2.16. The summed E-state index contributed by atoms with van der Waals surface area (Å²) in [7, 11) is 0. The minimum atomic E-state index is -0.412. The average Bonchev–Trinajstić information content (AvgIpc) is 2.75. The Kier molecular flexibility index (Phi) is 3.19. The molecule has 1 N–H and O–H groups in total. The summed E-state index contributed by atoms with van der Waals surface area (Å²) in [5.41, 5.74) is 0.982. The largest absolute Gasteiger partial charge is 0.387 e. The maximum Gasteiger partial charge on any atom is 0.0937 e. The monoisotopic (exact) mass is 239 g/mol. The topological polar surface area (TPSA) is 33.1 Å². The Bertz CT molecular complexity index is 447. The fourth-order valence-corrected chi connectivity index (χ4v) is 2.92. The Hall–Kier alpha value is -0.710. The van der Waals surface area contributed by atoms with Crippen molar-refractivity contribution >= 4 is 22.7 Å². The average molecular weight is 239 g/mol. The molecule has 0 saturated carbocycles. The highest BCUT2D eigenvalue weighted by Gasteiger charge is 2.12. The number of aliphatic hydroxyl groups excluding tert-OH is 1. The number of thiazole rings is 1. The molecule has 2 aromatic heterocycles. The second-order valence-electron chi connectivity index (χ2n) is 3.53. The fourth-order valence-electron chi connectivity index (χ4n) is 1.43. The van der Waals surface area contributed by atoms with Gasteiger partial charge in [0.05, 0.1) is 16.8 Å². The van der Waals surface area contributed by atoms with E-state index in [0.717, 1.165) is 15.6 Å². The number of hydrogen-bond donors (Lipinski definition) is 1. The molecule has 0 aliphatic carbocycles. The summed E-state index contributed by atoms with van der Waals surface area (Å²) in [6.45, 7) is 4.03. The summed E-state index contributed by atoms with van der Waals surface area (Å²) in [5.74, 6) is 0. The van der Waals surface area contributed by atoms with E-state index in [-0.39, 0.29) is 0 Å². The Labute approximate surface area is 97.2 Å². The zero-order chi connectivity index (χ0) is 10.8. The Morgan fingerprint density at radius 2 is 2.20 bits per heavy atom. The molecule has 0 bridgehead atoms. The van der Waals surface area contributed by atoms with Crippen molar-refractivity contribution < 1.29 is 5.11 Å². The van der Waals surface area contributed by atoms with Crippen LogP contribution < -0.4 is 0 Å². The molecule has 2 heterocycles. The normalized spacial score (nSPS) is 13.0. The van der Waals surface area contributed by atoms with Gasteiger partial charge in [-0.1, -0.05) is 0 Å². The molecule has 2 nitrogen and oxygen atoms in total. The standard InChI is InChI=1S/C11H13NOS2/c1-7-3-4-11(15-7)10(13)5-9-6-14-8(2)12-9/h3-4,6,10,13H,5H2,1-2H3. The van der Waals surface area contributed by atoms with Gasteiger partial charge in [-0.05, 0) is 26.0 Å². The molecule has 80 valence electrons. The molecule has 0 saturated heterocycles. The molecular formula is C11H13NOS2. The van der Waals surface area contributed by atoms with Crippen LogP contribution in [-0.4, -0.2) is 10.1 Å². The van der Waals surface area contributed by atoms with Gasteiger partial charge in [-0.25, -0.2) is 4.98 Å². The summed E-state index contributed by atoms with van der Waals surface area (Å²) in [5, 5.41) is 13.0. The van der Waals surface area contributed by atoms with Gasteiger partial charge in [-0.2, -0.15) is 0 Å². The molecule has 0 aliphatic heterocycles. The van der Waals surface area contributed by atoms with Gasteiger partial charge in [-0.15, -0.1) is 22.7 Å². The van der Waals surface area contributed by atoms with E-state index in [1.165, 1.54) is 4.88 Å². The van der Waals surface area contributed by atoms with Crippen molar-refractivity contribution in [1.29, 1.82) is 0 Å². The highest BCUT2D eigenvalue weighted by molar-refractivity contribution is 7.12. The van der Waals surface area contributed by atoms with Crippen molar-refractivity contribution in [3.8, 4) is 0 Å². The van der Waals surface area contributed by atoms with Gasteiger partial charge in [0, 0.05) is 21.6 Å². The Balaban J connectivity index is 2.06. The molecule has 1 atom stereocenters. The van der Waals surface area contributed by atoms with E-state index in [2.05, 4.69) is 4.98 Å². The fraction of sp³-hybridized carbons (Fsp3) is 0.364. The van der Waals surface area contributed by atoms with Crippen LogP contribution in [0, 0.1) is 13.8 Å². The summed E-state index contributed by atoms with van der Waals surface area (Å²) in [4.78, 5) is 6.61. The van der Waals surface area contributed by atoms with Crippen molar-refractivity contribution in [1.82, 2.24) is 4.98 Å². The van der Waals surface area contributed by atoms with Crippen LogP contribution in [0.3, 0.4) is 0 Å². The van der Waals surface area contributed by atoms with Gasteiger partial charge in [0.25, 0.3) is 0 Å². The predicted molar refractivity (Wildman–Crippen MR) is 64.6 cm³/mol. The quantitative estimate of drug-likeness (QED) is 0.893. The molecule has 1 unspecified atom stereocenters. The molecule has 0 amide bonds. The Morgan fingerprint density at radius 3 is 2.73 bits per heavy atom. The van der Waals surface area contributed by atoms with E-state index in [4.69, 9.17) is 0 Å². The molecule has 2 rings (SSSR count). The van der Waals surface area contributed by atoms with Crippen molar-refractivity contribution in [3.63, 3.8) is 0 Å². The molecule has 15 heavy (non-hydrogen) atoms. The first-order chi connectivity index (χ1) is 7.15. The summed E-state index contributed by atoms with van der Waals surface area (Å²) >= 11 is 3.28. The van der Waals surface area contributed by atoms with E-state index in [1.54, 1.807) is 22.7 Å². The number of aryl methyl sites for hydroxylation is 2. The maximum absolute atomic E-state index is 9.97. The number of aromatic nitrogens is 1. The highest BCUT2D eigenvalue weighted by Crippen LogP contribution is 2.25. The van der Waals surface area contributed by atoms with Gasteiger partial charge in [0.2, 0.25) is 0 Å². The predicted octanol–water partition coefficient (Wildman–Crippen LogP) is 3.10. The third-order valence-corrected chi connectivity index (χ3v) is 4.08. The van der Waals surface area contributed by atoms with E-state index in [1.807, 2.05) is 31.4 Å². The minimum absolute atomic E-state index is 0.412. The van der Waals surface area contributed by atoms with E-state index in [9.17, 15) is 5.11 Å². The number of hydrogen-bond acceptors (Lipinski definition) is 4. The lowest BCUT2D eigenvalue weighted by Gasteiger charge is -2.05. The first-order valence-electron chi connectivity index (χ1n) is 4.80. The lowest BCUT2D eigenvalue weighted by Crippen LogP contribution is -1.99. The van der Waals surface area contributed by atoms with Gasteiger partial charge >= 0.3 is 0 Å². The van der Waals surface area contributed by atoms with Crippen LogP contribution in [0.15, 0.2) is 17.5 Å². The first kappa shape index (κ1) is 10.8. The van der Waals surface area contributed by atoms with E-state index >= 15 is 0 Å². The van der Waals surface area contributed by atoms with Crippen molar-refractivity contribution in [2.24, 2.45) is 0 Å². The van der Waals surface area contributed by atoms with Crippen molar-refractivity contribution in [3.05, 3.63) is 38.0 Å². The van der Waals surface area contributed by atoms with Crippen LogP contribution in [0.5, 0.6) is 0 Å². The highest BCUT2D eigenvalue weighted by atomic mass is 32.1. The van der Waals surface area contributed by atoms with E-state index in [0.29, 0.717) is 6.42 Å². The first-order valence-corrected chi connectivity index (χ1v) is 6.50. The number of rotatable bonds is 3. The number of aliphatic hydroxyl groups is 1. The Morgan fingerprint density at radius 1 is 1.40 bits per heavy atom. The molecule has 4 heteroatoms. The van der Waals surface area contributed by atoms with Gasteiger partial charge in [0.15, 0.2) is 0 Å². The molecule has 2 aromatic rings. The summed E-state index contributed by atoms with van der Waals surface area (Å²) < 4.78 is 0. The summed E-state index contributed by atoms with van der Waals surface area (Å²) in [6.07, 6.45) is 0.204. The lowest BCUT2D eigenvalue weighted by molar-refractivity contribution is 0.181. The second kappa shape index (κ2) is 4.43. The molecule has 0 aliphatic rings. The van der Waals surface area contributed by atoms with Gasteiger partial charge < -0.3 is 5.11 Å². The van der Waals surface area contributed by atoms with Gasteiger partial charge in [0.1, 0.15) is 0 Å².